The lowest BCUT2D eigenvalue weighted by Crippen LogP contribution is -2.46. The van der Waals surface area contributed by atoms with E-state index in [0.717, 1.165) is 32.2 Å². The van der Waals surface area contributed by atoms with Gasteiger partial charge in [0.1, 0.15) is 0 Å². The van der Waals surface area contributed by atoms with Crippen molar-refractivity contribution in [1.82, 2.24) is 0 Å². The van der Waals surface area contributed by atoms with Crippen LogP contribution in [0.25, 0.3) is 0 Å². The van der Waals surface area contributed by atoms with E-state index < -0.39 is 0 Å². The van der Waals surface area contributed by atoms with Crippen LogP contribution in [0.1, 0.15) is 65.7 Å². The summed E-state index contributed by atoms with van der Waals surface area (Å²) in [6.45, 7) is 9.22. The average molecular weight is 284 g/mol. The highest BCUT2D eigenvalue weighted by molar-refractivity contribution is 4.88. The van der Waals surface area contributed by atoms with Gasteiger partial charge in [-0.2, -0.15) is 0 Å². The molecule has 1 saturated heterocycles. The fourth-order valence-electron chi connectivity index (χ4n) is 3.59. The summed E-state index contributed by atoms with van der Waals surface area (Å²) < 4.78 is 17.7. The Balaban J connectivity index is 1.76. The molecule has 0 radical (unpaired) electrons. The van der Waals surface area contributed by atoms with Crippen molar-refractivity contribution in [2.75, 3.05) is 19.8 Å². The molecule has 1 aliphatic carbocycles. The van der Waals surface area contributed by atoms with Crippen molar-refractivity contribution < 1.29 is 14.2 Å². The Morgan fingerprint density at radius 3 is 2.25 bits per heavy atom. The molecule has 0 spiro atoms. The molecule has 2 aliphatic rings. The minimum absolute atomic E-state index is 0.0442. The van der Waals surface area contributed by atoms with Crippen LogP contribution >= 0.6 is 0 Å². The third-order valence-electron chi connectivity index (χ3n) is 5.05. The summed E-state index contributed by atoms with van der Waals surface area (Å²) in [6.07, 6.45) is 8.90. The molecule has 0 amide bonds. The average Bonchev–Trinajstić information content (AvgIpc) is 2.48. The number of rotatable bonds is 6. The van der Waals surface area contributed by atoms with E-state index in [1.54, 1.807) is 0 Å². The summed E-state index contributed by atoms with van der Waals surface area (Å²) in [5.74, 6) is 0.728. The lowest BCUT2D eigenvalue weighted by atomic mass is 9.70. The van der Waals surface area contributed by atoms with Crippen LogP contribution in [0.15, 0.2) is 0 Å². The maximum atomic E-state index is 5.97. The highest BCUT2D eigenvalue weighted by atomic mass is 16.7. The predicted octanol–water partition coefficient (Wildman–Crippen LogP) is 4.15. The number of hydrogen-bond acceptors (Lipinski definition) is 3. The standard InChI is InChI=1S/C17H32O3/c1-4-6-7-16-19-12-17(3,13-20-16)14-8-10-15(11-9-14)18-5-2/h14-16H,4-13H2,1-3H3/t14?,15?,16-,17+. The molecule has 0 bridgehead atoms. The second-order valence-electron chi connectivity index (χ2n) is 6.78. The van der Waals surface area contributed by atoms with Crippen molar-refractivity contribution in [1.29, 1.82) is 0 Å². The Kier molecular flexibility index (Phi) is 6.31. The molecule has 0 unspecified atom stereocenters. The van der Waals surface area contributed by atoms with Crippen molar-refractivity contribution in [2.45, 2.75) is 78.1 Å². The zero-order valence-corrected chi connectivity index (χ0v) is 13.5. The molecule has 1 aliphatic heterocycles. The van der Waals surface area contributed by atoms with Gasteiger partial charge in [-0.15, -0.1) is 0 Å². The van der Waals surface area contributed by atoms with E-state index in [-0.39, 0.29) is 11.7 Å². The van der Waals surface area contributed by atoms with Gasteiger partial charge in [0.2, 0.25) is 0 Å². The summed E-state index contributed by atoms with van der Waals surface area (Å²) in [4.78, 5) is 0. The molecule has 0 aromatic rings. The van der Waals surface area contributed by atoms with Crippen LogP contribution in [-0.4, -0.2) is 32.2 Å². The van der Waals surface area contributed by atoms with Crippen LogP contribution in [0.3, 0.4) is 0 Å². The van der Waals surface area contributed by atoms with Crippen molar-refractivity contribution >= 4 is 0 Å². The summed E-state index contributed by atoms with van der Waals surface area (Å²) in [6, 6.07) is 0. The lowest BCUT2D eigenvalue weighted by Gasteiger charge is -2.45. The molecule has 1 heterocycles. The fourth-order valence-corrected chi connectivity index (χ4v) is 3.59. The van der Waals surface area contributed by atoms with Gasteiger partial charge < -0.3 is 14.2 Å². The van der Waals surface area contributed by atoms with E-state index in [9.17, 15) is 0 Å². The maximum Gasteiger partial charge on any atom is 0.157 e. The summed E-state index contributed by atoms with van der Waals surface area (Å²) in [7, 11) is 0. The third-order valence-corrected chi connectivity index (χ3v) is 5.05. The molecule has 0 atom stereocenters. The molecular formula is C17H32O3. The first-order valence-electron chi connectivity index (χ1n) is 8.52. The van der Waals surface area contributed by atoms with Crippen molar-refractivity contribution in [2.24, 2.45) is 11.3 Å². The van der Waals surface area contributed by atoms with Crippen molar-refractivity contribution in [3.8, 4) is 0 Å². The number of ether oxygens (including phenoxy) is 3. The molecule has 118 valence electrons. The monoisotopic (exact) mass is 284 g/mol. The molecule has 0 aromatic heterocycles. The SMILES string of the molecule is CCCC[C@H]1OC[C@@](C)(C2CCC(OCC)CC2)CO1. The largest absolute Gasteiger partial charge is 0.379 e. The number of unbranched alkanes of at least 4 members (excludes halogenated alkanes) is 1. The second kappa shape index (κ2) is 7.77. The van der Waals surface area contributed by atoms with E-state index >= 15 is 0 Å². The van der Waals surface area contributed by atoms with Crippen LogP contribution in [0.4, 0.5) is 0 Å². The first-order chi connectivity index (χ1) is 9.68. The van der Waals surface area contributed by atoms with E-state index in [1.807, 2.05) is 0 Å². The van der Waals surface area contributed by atoms with Crippen LogP contribution in [-0.2, 0) is 14.2 Å². The van der Waals surface area contributed by atoms with E-state index in [0.29, 0.717) is 6.10 Å². The molecule has 0 aromatic carbocycles. The lowest BCUT2D eigenvalue weighted by molar-refractivity contribution is -0.242. The summed E-state index contributed by atoms with van der Waals surface area (Å²) in [5.41, 5.74) is 0.208. The van der Waals surface area contributed by atoms with Gasteiger partial charge in [-0.3, -0.25) is 0 Å². The Morgan fingerprint density at radius 2 is 1.70 bits per heavy atom. The van der Waals surface area contributed by atoms with Gasteiger partial charge in [0.15, 0.2) is 6.29 Å². The van der Waals surface area contributed by atoms with Crippen LogP contribution in [0.2, 0.25) is 0 Å². The normalized spacial score (nSPS) is 38.9. The van der Waals surface area contributed by atoms with Crippen molar-refractivity contribution in [3.63, 3.8) is 0 Å². The first kappa shape index (κ1) is 16.3. The van der Waals surface area contributed by atoms with Gasteiger partial charge in [-0.05, 0) is 51.4 Å². The van der Waals surface area contributed by atoms with Crippen LogP contribution in [0.5, 0.6) is 0 Å². The van der Waals surface area contributed by atoms with Gasteiger partial charge in [0.05, 0.1) is 19.3 Å². The zero-order chi connectivity index (χ0) is 14.4. The van der Waals surface area contributed by atoms with Gasteiger partial charge in [-0.1, -0.05) is 20.3 Å². The highest BCUT2D eigenvalue weighted by Gasteiger charge is 2.41. The molecule has 3 heteroatoms. The zero-order valence-electron chi connectivity index (χ0n) is 13.5. The minimum Gasteiger partial charge on any atom is -0.379 e. The Labute approximate surface area is 124 Å². The van der Waals surface area contributed by atoms with Crippen LogP contribution < -0.4 is 0 Å². The first-order valence-corrected chi connectivity index (χ1v) is 8.52. The minimum atomic E-state index is 0.0442. The van der Waals surface area contributed by atoms with Crippen molar-refractivity contribution in [3.05, 3.63) is 0 Å². The summed E-state index contributed by atoms with van der Waals surface area (Å²) >= 11 is 0. The number of hydrogen-bond donors (Lipinski definition) is 0. The predicted molar refractivity (Wildman–Crippen MR) is 80.7 cm³/mol. The molecule has 2 rings (SSSR count). The Morgan fingerprint density at radius 1 is 1.05 bits per heavy atom. The van der Waals surface area contributed by atoms with Gasteiger partial charge in [-0.25, -0.2) is 0 Å². The van der Waals surface area contributed by atoms with E-state index in [4.69, 9.17) is 14.2 Å². The molecule has 20 heavy (non-hydrogen) atoms. The van der Waals surface area contributed by atoms with Crippen LogP contribution in [0, 0.1) is 11.3 Å². The second-order valence-corrected chi connectivity index (χ2v) is 6.78. The fraction of sp³-hybridized carbons (Fsp3) is 1.00. The van der Waals surface area contributed by atoms with E-state index in [2.05, 4.69) is 20.8 Å². The molecular weight excluding hydrogens is 252 g/mol. The molecule has 1 saturated carbocycles. The maximum absolute atomic E-state index is 5.97. The third kappa shape index (κ3) is 4.19. The van der Waals surface area contributed by atoms with Gasteiger partial charge in [0, 0.05) is 12.0 Å². The highest BCUT2D eigenvalue weighted by Crippen LogP contribution is 2.42. The Hall–Kier alpha value is -0.120. The van der Waals surface area contributed by atoms with Gasteiger partial charge >= 0.3 is 0 Å². The quantitative estimate of drug-likeness (QED) is 0.733. The molecule has 2 fully saturated rings. The van der Waals surface area contributed by atoms with E-state index in [1.165, 1.54) is 38.5 Å². The molecule has 0 N–H and O–H groups in total. The Bertz CT molecular complexity index is 263. The van der Waals surface area contributed by atoms with Gasteiger partial charge in [0.25, 0.3) is 0 Å². The summed E-state index contributed by atoms with van der Waals surface area (Å²) in [5, 5.41) is 0. The topological polar surface area (TPSA) is 27.7 Å². The molecule has 3 nitrogen and oxygen atoms in total. The smallest absolute Gasteiger partial charge is 0.157 e.